The van der Waals surface area contributed by atoms with E-state index in [1.54, 1.807) is 48.5 Å². The first-order chi connectivity index (χ1) is 14.4. The minimum atomic E-state index is -1.04. The molecule has 0 fully saturated rings. The van der Waals surface area contributed by atoms with Crippen LogP contribution in [0.25, 0.3) is 11.6 Å². The van der Waals surface area contributed by atoms with Crippen LogP contribution in [-0.2, 0) is 6.61 Å². The lowest BCUT2D eigenvalue weighted by Gasteiger charge is -2.12. The monoisotopic (exact) mass is 485 g/mol. The van der Waals surface area contributed by atoms with E-state index in [2.05, 4.69) is 22.0 Å². The highest BCUT2D eigenvalue weighted by molar-refractivity contribution is 9.10. The first-order valence-electron chi connectivity index (χ1n) is 8.70. The molecule has 30 heavy (non-hydrogen) atoms. The number of nitriles is 1. The first-order valence-corrected chi connectivity index (χ1v) is 9.87. The van der Waals surface area contributed by atoms with Crippen molar-refractivity contribution in [3.63, 3.8) is 0 Å². The Morgan fingerprint density at radius 1 is 1.17 bits per heavy atom. The Balaban J connectivity index is 1.85. The van der Waals surface area contributed by atoms with Gasteiger partial charge in [0, 0.05) is 5.56 Å². The van der Waals surface area contributed by atoms with E-state index in [1.165, 1.54) is 18.2 Å². The number of aromatic carboxylic acids is 1. The molecule has 0 saturated heterocycles. The number of rotatable bonds is 6. The molecule has 4 nitrogen and oxygen atoms in total. The zero-order valence-electron chi connectivity index (χ0n) is 15.4. The maximum absolute atomic E-state index is 13.8. The van der Waals surface area contributed by atoms with E-state index in [-0.39, 0.29) is 18.0 Å². The summed E-state index contributed by atoms with van der Waals surface area (Å²) in [5.41, 5.74) is 2.10. The maximum Gasteiger partial charge on any atom is 0.335 e. The van der Waals surface area contributed by atoms with Crippen molar-refractivity contribution in [3.8, 4) is 11.8 Å². The predicted octanol–water partition coefficient (Wildman–Crippen LogP) is 6.58. The lowest BCUT2D eigenvalue weighted by atomic mass is 10.0. The molecule has 0 heterocycles. The van der Waals surface area contributed by atoms with Crippen LogP contribution in [0.3, 0.4) is 0 Å². The second-order valence-corrected chi connectivity index (χ2v) is 7.51. The van der Waals surface area contributed by atoms with Gasteiger partial charge in [0.2, 0.25) is 0 Å². The van der Waals surface area contributed by atoms with Crippen molar-refractivity contribution in [3.05, 3.63) is 98.2 Å². The highest BCUT2D eigenvalue weighted by atomic mass is 79.9. The lowest BCUT2D eigenvalue weighted by Crippen LogP contribution is -1.99. The Kier molecular flexibility index (Phi) is 6.88. The van der Waals surface area contributed by atoms with Gasteiger partial charge in [0.25, 0.3) is 0 Å². The van der Waals surface area contributed by atoms with Gasteiger partial charge in [-0.3, -0.25) is 0 Å². The van der Waals surface area contributed by atoms with Crippen LogP contribution in [0.15, 0.2) is 65.1 Å². The quantitative estimate of drug-likeness (QED) is 0.315. The van der Waals surface area contributed by atoms with Crippen molar-refractivity contribution in [2.75, 3.05) is 0 Å². The molecule has 0 radical (unpaired) electrons. The van der Waals surface area contributed by atoms with Crippen LogP contribution in [-0.4, -0.2) is 11.1 Å². The van der Waals surface area contributed by atoms with E-state index in [0.29, 0.717) is 37.5 Å². The molecule has 0 aromatic heterocycles. The van der Waals surface area contributed by atoms with Crippen molar-refractivity contribution in [2.45, 2.75) is 6.61 Å². The van der Waals surface area contributed by atoms with Crippen LogP contribution in [0.2, 0.25) is 5.02 Å². The van der Waals surface area contributed by atoms with Gasteiger partial charge in [-0.1, -0.05) is 41.9 Å². The van der Waals surface area contributed by atoms with Gasteiger partial charge in [-0.2, -0.15) is 5.26 Å². The van der Waals surface area contributed by atoms with Crippen LogP contribution >= 0.6 is 27.5 Å². The summed E-state index contributed by atoms with van der Waals surface area (Å²) >= 11 is 9.75. The molecular formula is C23H14BrClFNO3. The molecule has 0 unspecified atom stereocenters. The third kappa shape index (κ3) is 5.07. The van der Waals surface area contributed by atoms with Crippen molar-refractivity contribution in [2.24, 2.45) is 0 Å². The number of carboxylic acid groups (broad SMARTS) is 1. The highest BCUT2D eigenvalue weighted by Gasteiger charge is 2.12. The van der Waals surface area contributed by atoms with Gasteiger partial charge >= 0.3 is 5.97 Å². The van der Waals surface area contributed by atoms with Gasteiger partial charge in [0.05, 0.1) is 26.7 Å². The van der Waals surface area contributed by atoms with Crippen LogP contribution < -0.4 is 4.74 Å². The van der Waals surface area contributed by atoms with Gasteiger partial charge in [0.1, 0.15) is 12.4 Å². The van der Waals surface area contributed by atoms with Crippen molar-refractivity contribution < 1.29 is 19.0 Å². The number of ether oxygens (including phenoxy) is 1. The summed E-state index contributed by atoms with van der Waals surface area (Å²) in [4.78, 5) is 11.0. The molecule has 0 amide bonds. The molecule has 0 saturated carbocycles. The smallest absolute Gasteiger partial charge is 0.335 e. The summed E-state index contributed by atoms with van der Waals surface area (Å²) < 4.78 is 20.0. The summed E-state index contributed by atoms with van der Waals surface area (Å²) in [6, 6.07) is 17.8. The van der Waals surface area contributed by atoms with Gasteiger partial charge in [-0.25, -0.2) is 9.18 Å². The first kappa shape index (κ1) is 21.6. The maximum atomic E-state index is 13.8. The zero-order chi connectivity index (χ0) is 21.7. The average molecular weight is 487 g/mol. The van der Waals surface area contributed by atoms with Gasteiger partial charge in [0.15, 0.2) is 5.75 Å². The van der Waals surface area contributed by atoms with E-state index in [4.69, 9.17) is 21.4 Å². The molecule has 1 N–H and O–H groups in total. The number of allylic oxidation sites excluding steroid dienone is 1. The zero-order valence-corrected chi connectivity index (χ0v) is 17.7. The Hall–Kier alpha value is -3.14. The molecule has 7 heteroatoms. The fraction of sp³-hybridized carbons (Fsp3) is 0.0435. The Bertz CT molecular complexity index is 1150. The van der Waals surface area contributed by atoms with E-state index >= 15 is 0 Å². The summed E-state index contributed by atoms with van der Waals surface area (Å²) in [7, 11) is 0. The molecule has 3 aromatic carbocycles. The van der Waals surface area contributed by atoms with E-state index in [0.717, 1.165) is 0 Å². The third-order valence-electron chi connectivity index (χ3n) is 4.22. The van der Waals surface area contributed by atoms with Crippen LogP contribution in [0.1, 0.15) is 27.0 Å². The second-order valence-electron chi connectivity index (χ2n) is 6.25. The molecule has 0 spiro atoms. The molecular weight excluding hydrogens is 473 g/mol. The highest BCUT2D eigenvalue weighted by Crippen LogP contribution is 2.36. The van der Waals surface area contributed by atoms with Gasteiger partial charge in [-0.15, -0.1) is 0 Å². The number of benzene rings is 3. The minimum absolute atomic E-state index is 0.0134. The largest absolute Gasteiger partial charge is 0.486 e. The van der Waals surface area contributed by atoms with Crippen molar-refractivity contribution in [1.82, 2.24) is 0 Å². The fourth-order valence-electron chi connectivity index (χ4n) is 2.71. The van der Waals surface area contributed by atoms with Crippen molar-refractivity contribution >= 4 is 45.1 Å². The Labute approximate surface area is 185 Å². The van der Waals surface area contributed by atoms with Crippen LogP contribution in [0, 0.1) is 17.1 Å². The molecule has 3 rings (SSSR count). The van der Waals surface area contributed by atoms with Crippen molar-refractivity contribution in [1.29, 1.82) is 5.26 Å². The number of carboxylic acids is 1. The topological polar surface area (TPSA) is 70.3 Å². The van der Waals surface area contributed by atoms with E-state index in [1.807, 2.05) is 0 Å². The molecule has 0 atom stereocenters. The summed E-state index contributed by atoms with van der Waals surface area (Å²) in [6.07, 6.45) is 1.63. The van der Waals surface area contributed by atoms with E-state index in [9.17, 15) is 14.4 Å². The third-order valence-corrected chi connectivity index (χ3v) is 5.09. The van der Waals surface area contributed by atoms with Crippen LogP contribution in [0.5, 0.6) is 5.75 Å². The van der Waals surface area contributed by atoms with Crippen LogP contribution in [0.4, 0.5) is 4.39 Å². The summed E-state index contributed by atoms with van der Waals surface area (Å²) in [5.74, 6) is -1.04. The second kappa shape index (κ2) is 9.57. The van der Waals surface area contributed by atoms with E-state index < -0.39 is 5.97 Å². The number of carbonyl (C=O) groups is 1. The SMILES string of the molecule is N#C/C(=C/c1cc(Cl)c(OCc2ccccc2F)c(Br)c1)c1ccc(C(=O)O)cc1. The normalized spacial score (nSPS) is 11.1. The molecule has 3 aromatic rings. The lowest BCUT2D eigenvalue weighted by molar-refractivity contribution is 0.0697. The Morgan fingerprint density at radius 3 is 2.43 bits per heavy atom. The summed E-state index contributed by atoms with van der Waals surface area (Å²) in [5, 5.41) is 18.8. The summed E-state index contributed by atoms with van der Waals surface area (Å²) in [6.45, 7) is 0.0134. The number of hydrogen-bond acceptors (Lipinski definition) is 3. The molecule has 0 aliphatic heterocycles. The minimum Gasteiger partial charge on any atom is -0.486 e. The number of halogens is 3. The predicted molar refractivity (Wildman–Crippen MR) is 117 cm³/mol. The van der Waals surface area contributed by atoms with Gasteiger partial charge in [-0.05, 0) is 63.5 Å². The fourth-order valence-corrected chi connectivity index (χ4v) is 3.69. The number of hydrogen-bond donors (Lipinski definition) is 1. The molecule has 0 aliphatic carbocycles. The molecule has 0 aliphatic rings. The Morgan fingerprint density at radius 2 is 1.83 bits per heavy atom. The van der Waals surface area contributed by atoms with Gasteiger partial charge < -0.3 is 9.84 Å². The molecule has 150 valence electrons. The average Bonchev–Trinajstić information content (AvgIpc) is 2.72. The number of nitrogens with zero attached hydrogens (tertiary/aromatic N) is 1. The standard InChI is InChI=1S/C23H14BrClFNO3/c24-19-10-14(9-18(12-27)15-5-7-16(8-6-15)23(28)29)11-20(25)22(19)30-13-17-3-1-2-4-21(17)26/h1-11H,13H2,(H,28,29)/b18-9-. The molecule has 0 bridgehead atoms.